The smallest absolute Gasteiger partial charge is 0.225 e. The van der Waals surface area contributed by atoms with E-state index in [-0.39, 0.29) is 17.7 Å². The average molecular weight is 236 g/mol. The number of rotatable bonds is 3. The van der Waals surface area contributed by atoms with E-state index in [2.05, 4.69) is 31.1 Å². The van der Waals surface area contributed by atoms with Gasteiger partial charge in [0.2, 0.25) is 5.91 Å². The van der Waals surface area contributed by atoms with Crippen LogP contribution in [0.15, 0.2) is 12.1 Å². The maximum atomic E-state index is 11.3. The Morgan fingerprint density at radius 2 is 2.06 bits per heavy atom. The van der Waals surface area contributed by atoms with Gasteiger partial charge >= 0.3 is 0 Å². The molecular weight excluding hydrogens is 216 g/mol. The first-order valence-electron chi connectivity index (χ1n) is 5.63. The van der Waals surface area contributed by atoms with Crippen LogP contribution in [0.3, 0.4) is 0 Å². The molecule has 0 atom stereocenters. The fourth-order valence-electron chi connectivity index (χ4n) is 1.41. The van der Waals surface area contributed by atoms with Crippen LogP contribution in [0.25, 0.3) is 0 Å². The minimum absolute atomic E-state index is 0.0504. The normalized spacial score (nSPS) is 11.1. The highest BCUT2D eigenvalue weighted by Crippen LogP contribution is 2.24. The summed E-state index contributed by atoms with van der Waals surface area (Å²) in [4.78, 5) is 15.8. The fraction of sp³-hybridized carbons (Fsp3) is 0.538. The number of aromatic nitrogens is 1. The molecule has 4 nitrogen and oxygen atoms in total. The van der Waals surface area contributed by atoms with Crippen molar-refractivity contribution in [3.63, 3.8) is 0 Å². The average Bonchev–Trinajstić information content (AvgIpc) is 2.27. The highest BCUT2D eigenvalue weighted by molar-refractivity contribution is 5.77. The highest BCUT2D eigenvalue weighted by Gasteiger charge is 2.18. The van der Waals surface area contributed by atoms with Crippen LogP contribution in [0.5, 0.6) is 5.75 Å². The second-order valence-corrected chi connectivity index (χ2v) is 4.98. The summed E-state index contributed by atoms with van der Waals surface area (Å²) in [5.41, 5.74) is 1.59. The number of amides is 1. The van der Waals surface area contributed by atoms with Gasteiger partial charge < -0.3 is 10.1 Å². The summed E-state index contributed by atoms with van der Waals surface area (Å²) < 4.78 is 5.23. The number of hydrogen-bond donors (Lipinski definition) is 1. The van der Waals surface area contributed by atoms with Crippen molar-refractivity contribution in [2.45, 2.75) is 32.6 Å². The van der Waals surface area contributed by atoms with Crippen molar-refractivity contribution in [2.75, 3.05) is 14.2 Å². The van der Waals surface area contributed by atoms with Crippen LogP contribution in [-0.2, 0) is 16.6 Å². The van der Waals surface area contributed by atoms with Crippen molar-refractivity contribution in [1.82, 2.24) is 10.3 Å². The van der Waals surface area contributed by atoms with Gasteiger partial charge in [-0.3, -0.25) is 9.78 Å². The Bertz CT molecular complexity index is 408. The number of carbonyl (C=O) groups is 1. The van der Waals surface area contributed by atoms with E-state index in [4.69, 9.17) is 4.74 Å². The van der Waals surface area contributed by atoms with Gasteiger partial charge in [0, 0.05) is 30.3 Å². The second-order valence-electron chi connectivity index (χ2n) is 4.98. The molecule has 1 N–H and O–H groups in total. The van der Waals surface area contributed by atoms with Gasteiger partial charge in [-0.05, 0) is 0 Å². The molecule has 4 heteroatoms. The number of methoxy groups -OCH3 is 1. The van der Waals surface area contributed by atoms with Crippen LogP contribution in [0.1, 0.15) is 32.2 Å². The summed E-state index contributed by atoms with van der Waals surface area (Å²) in [6.45, 7) is 6.25. The van der Waals surface area contributed by atoms with Crippen LogP contribution >= 0.6 is 0 Å². The lowest BCUT2D eigenvalue weighted by Gasteiger charge is -2.19. The number of ether oxygens (including phenoxy) is 1. The zero-order valence-corrected chi connectivity index (χ0v) is 11.1. The van der Waals surface area contributed by atoms with Crippen LogP contribution in [-0.4, -0.2) is 25.0 Å². The quantitative estimate of drug-likeness (QED) is 0.868. The third kappa shape index (κ3) is 3.73. The summed E-state index contributed by atoms with van der Waals surface area (Å²) >= 11 is 0. The number of nitrogens with zero attached hydrogens (tertiary/aromatic N) is 1. The third-order valence-corrected chi connectivity index (χ3v) is 2.48. The van der Waals surface area contributed by atoms with Gasteiger partial charge in [0.1, 0.15) is 5.75 Å². The minimum Gasteiger partial charge on any atom is -0.497 e. The van der Waals surface area contributed by atoms with Crippen LogP contribution < -0.4 is 10.1 Å². The molecule has 0 bridgehead atoms. The Morgan fingerprint density at radius 1 is 1.41 bits per heavy atom. The number of likely N-dealkylation sites (N-methyl/N-ethyl adjacent to an activating group) is 1. The van der Waals surface area contributed by atoms with Crippen molar-refractivity contribution in [2.24, 2.45) is 0 Å². The lowest BCUT2D eigenvalue weighted by Crippen LogP contribution is -2.22. The van der Waals surface area contributed by atoms with E-state index >= 15 is 0 Å². The van der Waals surface area contributed by atoms with E-state index in [0.29, 0.717) is 0 Å². The number of hydrogen-bond acceptors (Lipinski definition) is 3. The Hall–Kier alpha value is -1.58. The maximum absolute atomic E-state index is 11.3. The Labute approximate surface area is 102 Å². The van der Waals surface area contributed by atoms with Gasteiger partial charge in [0.05, 0.1) is 19.2 Å². The van der Waals surface area contributed by atoms with Crippen molar-refractivity contribution < 1.29 is 9.53 Å². The van der Waals surface area contributed by atoms with E-state index in [1.54, 1.807) is 20.2 Å². The molecule has 0 radical (unpaired) electrons. The van der Waals surface area contributed by atoms with Crippen LogP contribution in [0.2, 0.25) is 0 Å². The molecule has 0 aliphatic rings. The molecule has 0 unspecified atom stereocenters. The first-order valence-corrected chi connectivity index (χ1v) is 5.63. The molecule has 0 aliphatic carbocycles. The minimum atomic E-state index is -0.0635. The molecule has 0 spiro atoms. The molecule has 0 aliphatic heterocycles. The number of carbonyl (C=O) groups excluding carboxylic acids is 1. The van der Waals surface area contributed by atoms with Crippen molar-refractivity contribution in [3.8, 4) is 5.75 Å². The van der Waals surface area contributed by atoms with E-state index in [1.807, 2.05) is 6.07 Å². The van der Waals surface area contributed by atoms with E-state index in [9.17, 15) is 4.79 Å². The van der Waals surface area contributed by atoms with Gasteiger partial charge in [-0.25, -0.2) is 0 Å². The van der Waals surface area contributed by atoms with E-state index < -0.39 is 0 Å². The summed E-state index contributed by atoms with van der Waals surface area (Å²) in [6, 6.07) is 3.71. The van der Waals surface area contributed by atoms with Gasteiger partial charge in [-0.1, -0.05) is 20.8 Å². The lowest BCUT2D eigenvalue weighted by molar-refractivity contribution is -0.120. The monoisotopic (exact) mass is 236 g/mol. The molecule has 1 rings (SSSR count). The molecule has 0 saturated carbocycles. The predicted octanol–water partition coefficient (Wildman–Crippen LogP) is 1.68. The molecule has 0 saturated heterocycles. The van der Waals surface area contributed by atoms with E-state index in [1.165, 1.54) is 0 Å². The van der Waals surface area contributed by atoms with E-state index in [0.717, 1.165) is 17.1 Å². The molecule has 1 aromatic rings. The van der Waals surface area contributed by atoms with Gasteiger partial charge in [0.15, 0.2) is 0 Å². The molecule has 17 heavy (non-hydrogen) atoms. The van der Waals surface area contributed by atoms with Crippen molar-refractivity contribution in [1.29, 1.82) is 0 Å². The lowest BCUT2D eigenvalue weighted by atomic mass is 9.91. The maximum Gasteiger partial charge on any atom is 0.225 e. The van der Waals surface area contributed by atoms with Gasteiger partial charge in [-0.15, -0.1) is 0 Å². The third-order valence-electron chi connectivity index (χ3n) is 2.48. The Balaban J connectivity index is 3.10. The Morgan fingerprint density at radius 3 is 2.53 bits per heavy atom. The first kappa shape index (κ1) is 13.5. The number of pyridine rings is 1. The highest BCUT2D eigenvalue weighted by atomic mass is 16.5. The first-order chi connectivity index (χ1) is 7.86. The zero-order chi connectivity index (χ0) is 13.1. The predicted molar refractivity (Wildman–Crippen MR) is 67.3 cm³/mol. The van der Waals surface area contributed by atoms with Crippen molar-refractivity contribution >= 4 is 5.91 Å². The summed E-state index contributed by atoms with van der Waals surface area (Å²) in [5, 5.41) is 2.59. The largest absolute Gasteiger partial charge is 0.497 e. The standard InChI is InChI=1S/C13H20N2O2/c1-13(2,3)11-8-10(17-5)6-9(15-11)7-12(16)14-4/h6,8H,7H2,1-5H3,(H,14,16). The Kier molecular flexibility index (Phi) is 4.10. The summed E-state index contributed by atoms with van der Waals surface area (Å²) in [7, 11) is 3.23. The topological polar surface area (TPSA) is 51.2 Å². The molecule has 1 amide bonds. The summed E-state index contributed by atoms with van der Waals surface area (Å²) in [5.74, 6) is 0.689. The van der Waals surface area contributed by atoms with Crippen molar-refractivity contribution in [3.05, 3.63) is 23.5 Å². The summed E-state index contributed by atoms with van der Waals surface area (Å²) in [6.07, 6.45) is 0.275. The molecule has 94 valence electrons. The molecule has 0 aromatic carbocycles. The second kappa shape index (κ2) is 5.17. The van der Waals surface area contributed by atoms with Crippen LogP contribution in [0.4, 0.5) is 0 Å². The molecule has 0 fully saturated rings. The molecule has 1 heterocycles. The SMILES string of the molecule is CNC(=O)Cc1cc(OC)cc(C(C)(C)C)n1. The number of nitrogens with one attached hydrogen (secondary N) is 1. The molecular formula is C13H20N2O2. The van der Waals surface area contributed by atoms with Gasteiger partial charge in [0.25, 0.3) is 0 Å². The molecule has 1 aromatic heterocycles. The zero-order valence-electron chi connectivity index (χ0n) is 11.1. The van der Waals surface area contributed by atoms with Crippen LogP contribution in [0, 0.1) is 0 Å². The van der Waals surface area contributed by atoms with Gasteiger partial charge in [-0.2, -0.15) is 0 Å². The fourth-order valence-corrected chi connectivity index (χ4v) is 1.41.